The second-order valence-corrected chi connectivity index (χ2v) is 4.31. The van der Waals surface area contributed by atoms with Crippen LogP contribution in [0.2, 0.25) is 0 Å². The minimum Gasteiger partial charge on any atom is -0.396 e. The number of anilines is 1. The van der Waals surface area contributed by atoms with E-state index in [-0.39, 0.29) is 5.91 Å². The molecule has 1 amide bonds. The number of rotatable bonds is 3. The highest BCUT2D eigenvalue weighted by atomic mass is 16.6. The molecule has 0 saturated heterocycles. The van der Waals surface area contributed by atoms with Gasteiger partial charge in [0.15, 0.2) is 0 Å². The van der Waals surface area contributed by atoms with Crippen molar-refractivity contribution < 1.29 is 9.63 Å². The predicted molar refractivity (Wildman–Crippen MR) is 83.2 cm³/mol. The largest absolute Gasteiger partial charge is 0.396 e. The molecule has 0 heterocycles. The number of benzene rings is 2. The standard InChI is InChI=1S/C16H17N3O2/c1-19(14-11-7-4-8-12-14)16(18-21-2)17-15(20)13-9-5-3-6-10-13/h3-12H,1-2H3,(H,17,18,20). The first-order valence-electron chi connectivity index (χ1n) is 6.48. The molecule has 0 aliphatic rings. The van der Waals surface area contributed by atoms with Crippen LogP contribution in [0.25, 0.3) is 0 Å². The van der Waals surface area contributed by atoms with E-state index < -0.39 is 0 Å². The Balaban J connectivity index is 2.17. The number of hydrogen-bond donors (Lipinski definition) is 1. The van der Waals surface area contributed by atoms with Crippen LogP contribution in [0, 0.1) is 0 Å². The molecule has 21 heavy (non-hydrogen) atoms. The van der Waals surface area contributed by atoms with Gasteiger partial charge in [-0.3, -0.25) is 10.1 Å². The van der Waals surface area contributed by atoms with Crippen molar-refractivity contribution in [1.29, 1.82) is 0 Å². The summed E-state index contributed by atoms with van der Waals surface area (Å²) >= 11 is 0. The van der Waals surface area contributed by atoms with Gasteiger partial charge >= 0.3 is 0 Å². The second kappa shape index (κ2) is 7.09. The Morgan fingerprint density at radius 2 is 1.62 bits per heavy atom. The average Bonchev–Trinajstić information content (AvgIpc) is 2.55. The maximum Gasteiger partial charge on any atom is 0.258 e. The third-order valence-corrected chi connectivity index (χ3v) is 2.90. The summed E-state index contributed by atoms with van der Waals surface area (Å²) in [7, 11) is 3.24. The Bertz CT molecular complexity index is 612. The highest BCUT2D eigenvalue weighted by Crippen LogP contribution is 2.11. The summed E-state index contributed by atoms with van der Waals surface area (Å²) in [5.41, 5.74) is 1.45. The number of carbonyl (C=O) groups excluding carboxylic acids is 1. The van der Waals surface area contributed by atoms with Gasteiger partial charge in [0.2, 0.25) is 5.96 Å². The number of nitrogens with zero attached hydrogens (tertiary/aromatic N) is 2. The molecule has 0 radical (unpaired) electrons. The summed E-state index contributed by atoms with van der Waals surface area (Å²) in [4.78, 5) is 18.7. The van der Waals surface area contributed by atoms with Gasteiger partial charge in [0.05, 0.1) is 0 Å². The van der Waals surface area contributed by atoms with E-state index in [4.69, 9.17) is 4.84 Å². The molecular formula is C16H17N3O2. The topological polar surface area (TPSA) is 53.9 Å². The molecule has 0 spiro atoms. The molecule has 0 fully saturated rings. The maximum atomic E-state index is 12.2. The lowest BCUT2D eigenvalue weighted by molar-refractivity contribution is 0.0973. The number of amides is 1. The van der Waals surface area contributed by atoms with Crippen LogP contribution in [0.3, 0.4) is 0 Å². The molecule has 1 N–H and O–H groups in total. The van der Waals surface area contributed by atoms with E-state index in [1.807, 2.05) is 48.5 Å². The molecule has 5 heteroatoms. The van der Waals surface area contributed by atoms with Crippen LogP contribution in [-0.2, 0) is 4.84 Å². The summed E-state index contributed by atoms with van der Waals surface area (Å²) in [6.45, 7) is 0. The van der Waals surface area contributed by atoms with Crippen molar-refractivity contribution in [2.75, 3.05) is 19.1 Å². The van der Waals surface area contributed by atoms with E-state index in [9.17, 15) is 4.79 Å². The van der Waals surface area contributed by atoms with Crippen LogP contribution in [0.1, 0.15) is 10.4 Å². The van der Waals surface area contributed by atoms with Crippen LogP contribution in [0.4, 0.5) is 5.69 Å². The van der Waals surface area contributed by atoms with Crippen molar-refractivity contribution in [2.24, 2.45) is 5.16 Å². The van der Waals surface area contributed by atoms with Gasteiger partial charge in [-0.2, -0.15) is 0 Å². The molecule has 0 atom stereocenters. The Kier molecular flexibility index (Phi) is 4.93. The van der Waals surface area contributed by atoms with Crippen molar-refractivity contribution in [1.82, 2.24) is 5.32 Å². The van der Waals surface area contributed by atoms with Gasteiger partial charge in [-0.15, -0.1) is 0 Å². The van der Waals surface area contributed by atoms with Gasteiger partial charge in [-0.05, 0) is 29.4 Å². The van der Waals surface area contributed by atoms with Crippen molar-refractivity contribution in [3.63, 3.8) is 0 Å². The van der Waals surface area contributed by atoms with Crippen LogP contribution >= 0.6 is 0 Å². The lowest BCUT2D eigenvalue weighted by Gasteiger charge is -2.20. The molecule has 108 valence electrons. The molecule has 2 aromatic rings. The van der Waals surface area contributed by atoms with E-state index in [2.05, 4.69) is 10.5 Å². The summed E-state index contributed by atoms with van der Waals surface area (Å²) < 4.78 is 0. The second-order valence-electron chi connectivity index (χ2n) is 4.31. The van der Waals surface area contributed by atoms with Crippen LogP contribution < -0.4 is 10.2 Å². The van der Waals surface area contributed by atoms with E-state index in [1.54, 1.807) is 24.1 Å². The molecule has 0 aliphatic heterocycles. The zero-order valence-corrected chi connectivity index (χ0v) is 12.0. The Morgan fingerprint density at radius 1 is 1.05 bits per heavy atom. The minimum atomic E-state index is -0.241. The van der Waals surface area contributed by atoms with Gasteiger partial charge in [-0.25, -0.2) is 0 Å². The Hall–Kier alpha value is -2.82. The molecular weight excluding hydrogens is 266 g/mol. The molecule has 5 nitrogen and oxygen atoms in total. The van der Waals surface area contributed by atoms with E-state index >= 15 is 0 Å². The van der Waals surface area contributed by atoms with Crippen molar-refractivity contribution in [2.45, 2.75) is 0 Å². The Morgan fingerprint density at radius 3 is 2.19 bits per heavy atom. The van der Waals surface area contributed by atoms with Crippen LogP contribution in [0.15, 0.2) is 65.8 Å². The van der Waals surface area contributed by atoms with Gasteiger partial charge in [0.25, 0.3) is 5.91 Å². The zero-order chi connectivity index (χ0) is 15.1. The lowest BCUT2D eigenvalue weighted by atomic mass is 10.2. The third kappa shape index (κ3) is 3.82. The van der Waals surface area contributed by atoms with Gasteiger partial charge in [-0.1, -0.05) is 36.4 Å². The van der Waals surface area contributed by atoms with Crippen LogP contribution in [0.5, 0.6) is 0 Å². The minimum absolute atomic E-state index is 0.241. The molecule has 0 aromatic heterocycles. The van der Waals surface area contributed by atoms with Gasteiger partial charge in [0, 0.05) is 18.3 Å². The fourth-order valence-corrected chi connectivity index (χ4v) is 1.79. The predicted octanol–water partition coefficient (Wildman–Crippen LogP) is 2.47. The van der Waals surface area contributed by atoms with Crippen molar-refractivity contribution in [3.8, 4) is 0 Å². The smallest absolute Gasteiger partial charge is 0.258 e. The van der Waals surface area contributed by atoms with Gasteiger partial charge < -0.3 is 9.74 Å². The van der Waals surface area contributed by atoms with E-state index in [0.717, 1.165) is 5.69 Å². The fraction of sp³-hybridized carbons (Fsp3) is 0.125. The average molecular weight is 283 g/mol. The highest BCUT2D eigenvalue weighted by Gasteiger charge is 2.14. The van der Waals surface area contributed by atoms with Crippen molar-refractivity contribution >= 4 is 17.6 Å². The first-order chi connectivity index (χ1) is 10.2. The monoisotopic (exact) mass is 283 g/mol. The number of nitrogens with one attached hydrogen (secondary N) is 1. The van der Waals surface area contributed by atoms with Gasteiger partial charge in [0.1, 0.15) is 7.11 Å². The molecule has 0 bridgehead atoms. The number of para-hydroxylation sites is 1. The molecule has 0 saturated carbocycles. The molecule has 0 unspecified atom stereocenters. The van der Waals surface area contributed by atoms with E-state index in [1.165, 1.54) is 7.11 Å². The quantitative estimate of drug-likeness (QED) is 0.535. The summed E-state index contributed by atoms with van der Waals surface area (Å²) in [6, 6.07) is 18.5. The van der Waals surface area contributed by atoms with E-state index in [0.29, 0.717) is 11.5 Å². The number of carbonyl (C=O) groups is 1. The molecule has 2 aromatic carbocycles. The summed E-state index contributed by atoms with van der Waals surface area (Å²) in [5.74, 6) is 0.0757. The normalized spacial score (nSPS) is 10.9. The summed E-state index contributed by atoms with van der Waals surface area (Å²) in [6.07, 6.45) is 0. The first kappa shape index (κ1) is 14.6. The Labute approximate surface area is 123 Å². The highest BCUT2D eigenvalue weighted by molar-refractivity contribution is 6.10. The molecule has 2 rings (SSSR count). The number of oxime groups is 1. The zero-order valence-electron chi connectivity index (χ0n) is 12.0. The molecule has 0 aliphatic carbocycles. The summed E-state index contributed by atoms with van der Waals surface area (Å²) in [5, 5.41) is 6.62. The van der Waals surface area contributed by atoms with Crippen LogP contribution in [-0.4, -0.2) is 26.0 Å². The first-order valence-corrected chi connectivity index (χ1v) is 6.48. The lowest BCUT2D eigenvalue weighted by Crippen LogP contribution is -2.42. The third-order valence-electron chi connectivity index (χ3n) is 2.90. The number of guanidine groups is 1. The maximum absolute atomic E-state index is 12.2. The SMILES string of the molecule is CO/N=C(\NC(=O)c1ccccc1)N(C)c1ccccc1. The number of hydrogen-bond acceptors (Lipinski definition) is 3. The fourth-order valence-electron chi connectivity index (χ4n) is 1.79. The van der Waals surface area contributed by atoms with Crippen molar-refractivity contribution in [3.05, 3.63) is 66.2 Å².